The van der Waals surface area contributed by atoms with Crippen molar-refractivity contribution in [3.05, 3.63) is 45.9 Å². The summed E-state index contributed by atoms with van der Waals surface area (Å²) in [4.78, 5) is 0. The Balaban J connectivity index is 1.87. The smallest absolute Gasteiger partial charge is 0.134 e. The normalized spacial score (nSPS) is 18.2. The second-order valence-electron chi connectivity index (χ2n) is 5.17. The minimum absolute atomic E-state index is 0.156. The molecule has 0 bridgehead atoms. The SMILES string of the molecule is CCNC(C)c1nnc(C2(c3ccccc3)CC2)s1. The van der Waals surface area contributed by atoms with Crippen molar-refractivity contribution >= 4 is 11.3 Å². The van der Waals surface area contributed by atoms with Crippen molar-refractivity contribution in [3.8, 4) is 0 Å². The van der Waals surface area contributed by atoms with E-state index >= 15 is 0 Å². The van der Waals surface area contributed by atoms with E-state index in [0.717, 1.165) is 11.6 Å². The summed E-state index contributed by atoms with van der Waals surface area (Å²) in [5.41, 5.74) is 1.54. The van der Waals surface area contributed by atoms with Crippen molar-refractivity contribution < 1.29 is 0 Å². The van der Waals surface area contributed by atoms with E-state index in [1.54, 1.807) is 11.3 Å². The van der Waals surface area contributed by atoms with Crippen molar-refractivity contribution in [2.24, 2.45) is 0 Å². The van der Waals surface area contributed by atoms with Crippen LogP contribution in [0.15, 0.2) is 30.3 Å². The highest BCUT2D eigenvalue weighted by Gasteiger charge is 2.48. The molecule has 19 heavy (non-hydrogen) atoms. The van der Waals surface area contributed by atoms with Crippen LogP contribution in [0.3, 0.4) is 0 Å². The molecule has 1 atom stereocenters. The maximum atomic E-state index is 4.46. The first-order chi connectivity index (χ1) is 9.26. The van der Waals surface area contributed by atoms with E-state index in [0.29, 0.717) is 6.04 Å². The molecular weight excluding hydrogens is 254 g/mol. The highest BCUT2D eigenvalue weighted by atomic mass is 32.1. The molecule has 0 aliphatic heterocycles. The molecule has 0 radical (unpaired) electrons. The first-order valence-corrected chi connectivity index (χ1v) is 7.71. The van der Waals surface area contributed by atoms with Gasteiger partial charge in [-0.05, 0) is 31.9 Å². The fourth-order valence-electron chi connectivity index (χ4n) is 2.50. The number of aromatic nitrogens is 2. The summed E-state index contributed by atoms with van der Waals surface area (Å²) in [5.74, 6) is 0. The molecule has 0 spiro atoms. The zero-order chi connectivity index (χ0) is 13.3. The second kappa shape index (κ2) is 5.02. The van der Waals surface area contributed by atoms with Crippen LogP contribution < -0.4 is 5.32 Å². The van der Waals surface area contributed by atoms with Crippen LogP contribution >= 0.6 is 11.3 Å². The third kappa shape index (κ3) is 2.30. The van der Waals surface area contributed by atoms with Crippen molar-refractivity contribution in [2.75, 3.05) is 6.54 Å². The fraction of sp³-hybridized carbons (Fsp3) is 0.467. The molecule has 1 unspecified atom stereocenters. The monoisotopic (exact) mass is 273 g/mol. The lowest BCUT2D eigenvalue weighted by atomic mass is 9.97. The first kappa shape index (κ1) is 12.8. The van der Waals surface area contributed by atoms with Crippen LogP contribution in [0.25, 0.3) is 0 Å². The Labute approximate surface area is 118 Å². The molecule has 3 rings (SSSR count). The summed E-state index contributed by atoms with van der Waals surface area (Å²) in [6, 6.07) is 11.0. The van der Waals surface area contributed by atoms with Gasteiger partial charge in [-0.25, -0.2) is 0 Å². The molecule has 1 saturated carbocycles. The van der Waals surface area contributed by atoms with E-state index < -0.39 is 0 Å². The number of hydrogen-bond donors (Lipinski definition) is 1. The van der Waals surface area contributed by atoms with Gasteiger partial charge in [0, 0.05) is 5.41 Å². The van der Waals surface area contributed by atoms with Crippen LogP contribution in [0.4, 0.5) is 0 Å². The van der Waals surface area contributed by atoms with E-state index in [4.69, 9.17) is 0 Å². The summed E-state index contributed by atoms with van der Waals surface area (Å²) in [6.07, 6.45) is 2.39. The minimum atomic E-state index is 0.156. The Kier molecular flexibility index (Phi) is 3.37. The van der Waals surface area contributed by atoms with Gasteiger partial charge in [-0.2, -0.15) is 0 Å². The van der Waals surface area contributed by atoms with Crippen LogP contribution in [-0.4, -0.2) is 16.7 Å². The molecule has 3 nitrogen and oxygen atoms in total. The summed E-state index contributed by atoms with van der Waals surface area (Å²) >= 11 is 1.76. The molecule has 1 N–H and O–H groups in total. The van der Waals surface area contributed by atoms with Gasteiger partial charge in [-0.3, -0.25) is 0 Å². The second-order valence-corrected chi connectivity index (χ2v) is 6.18. The average molecular weight is 273 g/mol. The number of nitrogens with one attached hydrogen (secondary N) is 1. The molecule has 100 valence electrons. The van der Waals surface area contributed by atoms with Gasteiger partial charge in [-0.1, -0.05) is 48.6 Å². The topological polar surface area (TPSA) is 37.8 Å². The molecule has 1 aliphatic carbocycles. The highest BCUT2D eigenvalue weighted by Crippen LogP contribution is 2.54. The molecular formula is C15H19N3S. The van der Waals surface area contributed by atoms with Crippen molar-refractivity contribution in [2.45, 2.75) is 38.1 Å². The maximum absolute atomic E-state index is 4.46. The lowest BCUT2D eigenvalue weighted by Gasteiger charge is -2.11. The van der Waals surface area contributed by atoms with Gasteiger partial charge in [0.1, 0.15) is 10.0 Å². The summed E-state index contributed by atoms with van der Waals surface area (Å²) in [6.45, 7) is 5.22. The number of benzene rings is 1. The Bertz CT molecular complexity index is 546. The molecule has 1 fully saturated rings. The van der Waals surface area contributed by atoms with Crippen molar-refractivity contribution in [3.63, 3.8) is 0 Å². The van der Waals surface area contributed by atoms with E-state index in [9.17, 15) is 0 Å². The molecule has 4 heteroatoms. The molecule has 1 aliphatic rings. The largest absolute Gasteiger partial charge is 0.308 e. The number of nitrogens with zero attached hydrogens (tertiary/aromatic N) is 2. The third-order valence-electron chi connectivity index (χ3n) is 3.81. The summed E-state index contributed by atoms with van der Waals surface area (Å²) < 4.78 is 0. The third-order valence-corrected chi connectivity index (χ3v) is 5.12. The van der Waals surface area contributed by atoms with E-state index in [-0.39, 0.29) is 5.41 Å². The quantitative estimate of drug-likeness (QED) is 0.908. The van der Waals surface area contributed by atoms with Gasteiger partial charge < -0.3 is 5.32 Å². The van der Waals surface area contributed by atoms with Crippen LogP contribution in [0.1, 0.15) is 48.3 Å². The number of hydrogen-bond acceptors (Lipinski definition) is 4. The van der Waals surface area contributed by atoms with E-state index in [1.165, 1.54) is 23.4 Å². The zero-order valence-electron chi connectivity index (χ0n) is 11.4. The van der Waals surface area contributed by atoms with Gasteiger partial charge in [-0.15, -0.1) is 10.2 Å². The molecule has 1 aromatic carbocycles. The van der Waals surface area contributed by atoms with Gasteiger partial charge in [0.05, 0.1) is 6.04 Å². The molecule has 1 aromatic heterocycles. The maximum Gasteiger partial charge on any atom is 0.134 e. The Hall–Kier alpha value is -1.26. The molecule has 0 amide bonds. The lowest BCUT2D eigenvalue weighted by molar-refractivity contribution is 0.589. The highest BCUT2D eigenvalue weighted by molar-refractivity contribution is 7.11. The van der Waals surface area contributed by atoms with Crippen LogP contribution in [0.2, 0.25) is 0 Å². The van der Waals surface area contributed by atoms with Crippen LogP contribution in [0.5, 0.6) is 0 Å². The van der Waals surface area contributed by atoms with E-state index in [1.807, 2.05) is 0 Å². The summed E-state index contributed by atoms with van der Waals surface area (Å²) in [5, 5.41) is 14.5. The Morgan fingerprint density at radius 3 is 2.63 bits per heavy atom. The Morgan fingerprint density at radius 2 is 2.00 bits per heavy atom. The number of rotatable bonds is 5. The molecule has 2 aromatic rings. The standard InChI is InChI=1S/C15H19N3S/c1-3-16-11(2)13-17-18-14(19-13)15(9-10-15)12-7-5-4-6-8-12/h4-8,11,16H,3,9-10H2,1-2H3. The lowest BCUT2D eigenvalue weighted by Crippen LogP contribution is -2.17. The van der Waals surface area contributed by atoms with Crippen molar-refractivity contribution in [1.82, 2.24) is 15.5 Å². The fourth-order valence-corrected chi connectivity index (χ4v) is 3.64. The van der Waals surface area contributed by atoms with Gasteiger partial charge in [0.25, 0.3) is 0 Å². The zero-order valence-corrected chi connectivity index (χ0v) is 12.2. The molecule has 1 heterocycles. The van der Waals surface area contributed by atoms with E-state index in [2.05, 4.69) is 59.7 Å². The Morgan fingerprint density at radius 1 is 1.26 bits per heavy atom. The molecule has 0 saturated heterocycles. The van der Waals surface area contributed by atoms with Crippen LogP contribution in [-0.2, 0) is 5.41 Å². The van der Waals surface area contributed by atoms with Gasteiger partial charge in [0.15, 0.2) is 0 Å². The minimum Gasteiger partial charge on any atom is -0.308 e. The van der Waals surface area contributed by atoms with Crippen LogP contribution in [0, 0.1) is 0 Å². The van der Waals surface area contributed by atoms with Gasteiger partial charge in [0.2, 0.25) is 0 Å². The average Bonchev–Trinajstić information content (AvgIpc) is 3.10. The van der Waals surface area contributed by atoms with Crippen molar-refractivity contribution in [1.29, 1.82) is 0 Å². The predicted molar refractivity (Wildman–Crippen MR) is 78.5 cm³/mol. The van der Waals surface area contributed by atoms with Gasteiger partial charge >= 0.3 is 0 Å². The summed E-state index contributed by atoms with van der Waals surface area (Å²) in [7, 11) is 0. The first-order valence-electron chi connectivity index (χ1n) is 6.89. The predicted octanol–water partition coefficient (Wildman–Crippen LogP) is 3.29.